The Labute approximate surface area is 203 Å². The molecule has 176 valence electrons. The molecule has 35 heavy (non-hydrogen) atoms. The molecule has 0 radical (unpaired) electrons. The summed E-state index contributed by atoms with van der Waals surface area (Å²) in [4.78, 5) is 24.9. The minimum atomic E-state index is 0.682. The van der Waals surface area contributed by atoms with Crippen LogP contribution in [0.2, 0.25) is 0 Å². The smallest absolute Gasteiger partial charge is 0.226 e. The zero-order chi connectivity index (χ0) is 23.8. The van der Waals surface area contributed by atoms with Gasteiger partial charge in [0.2, 0.25) is 5.95 Å². The van der Waals surface area contributed by atoms with Crippen LogP contribution in [0, 0.1) is 6.92 Å². The molecule has 0 aliphatic carbocycles. The van der Waals surface area contributed by atoms with Crippen LogP contribution in [0.1, 0.15) is 16.7 Å². The monoisotopic (exact) mass is 465 g/mol. The first-order valence-corrected chi connectivity index (χ1v) is 11.8. The van der Waals surface area contributed by atoms with Gasteiger partial charge >= 0.3 is 0 Å². The van der Waals surface area contributed by atoms with Crippen LogP contribution < -0.4 is 15.5 Å². The molecule has 9 heteroatoms. The molecular formula is C26H27N9. The molecule has 3 aromatic heterocycles. The van der Waals surface area contributed by atoms with Crippen LogP contribution in [0.15, 0.2) is 55.2 Å². The fourth-order valence-electron chi connectivity index (χ4n) is 4.57. The minimum Gasteiger partial charge on any atom is -0.338 e. The molecule has 0 saturated carbocycles. The summed E-state index contributed by atoms with van der Waals surface area (Å²) in [5, 5.41) is 6.81. The van der Waals surface area contributed by atoms with Crippen molar-refractivity contribution < 1.29 is 0 Å². The van der Waals surface area contributed by atoms with Gasteiger partial charge < -0.3 is 20.1 Å². The second-order valence-electron chi connectivity index (χ2n) is 8.98. The third-order valence-electron chi connectivity index (χ3n) is 6.55. The fourth-order valence-corrected chi connectivity index (χ4v) is 4.57. The molecule has 0 amide bonds. The molecule has 4 heterocycles. The van der Waals surface area contributed by atoms with E-state index in [-0.39, 0.29) is 0 Å². The van der Waals surface area contributed by atoms with Crippen molar-refractivity contribution in [3.63, 3.8) is 0 Å². The Hall–Kier alpha value is -4.11. The van der Waals surface area contributed by atoms with Crippen molar-refractivity contribution in [3.05, 3.63) is 71.9 Å². The zero-order valence-electron chi connectivity index (χ0n) is 19.9. The molecule has 2 aromatic carbocycles. The van der Waals surface area contributed by atoms with Gasteiger partial charge in [0.15, 0.2) is 5.82 Å². The number of fused-ring (bicyclic) bond motifs is 2. The maximum absolute atomic E-state index is 4.81. The molecular weight excluding hydrogens is 438 g/mol. The minimum absolute atomic E-state index is 0.682. The van der Waals surface area contributed by atoms with Crippen LogP contribution in [0.3, 0.4) is 0 Å². The standard InChI is InChI=1S/C26H27N9/c1-17-11-20(5-4-19(17)12-18-3-6-23-21(13-18)31-16-34(23)2)32-25-24-22(29-15-30-25)14-28-26(33-24)35-9-7-27-8-10-35/h3-6,11,13-16,27H,7-10,12H2,1-2H3,(H,29,30,32). The van der Waals surface area contributed by atoms with E-state index in [1.807, 2.05) is 17.9 Å². The van der Waals surface area contributed by atoms with Gasteiger partial charge in [-0.05, 0) is 54.3 Å². The van der Waals surface area contributed by atoms with Gasteiger partial charge in [-0.1, -0.05) is 12.1 Å². The lowest BCUT2D eigenvalue weighted by molar-refractivity contribution is 0.580. The summed E-state index contributed by atoms with van der Waals surface area (Å²) >= 11 is 0. The number of nitrogens with zero attached hydrogens (tertiary/aromatic N) is 7. The van der Waals surface area contributed by atoms with Crippen molar-refractivity contribution in [2.45, 2.75) is 13.3 Å². The van der Waals surface area contributed by atoms with Gasteiger partial charge in [0, 0.05) is 38.9 Å². The lowest BCUT2D eigenvalue weighted by Crippen LogP contribution is -2.44. The van der Waals surface area contributed by atoms with Crippen molar-refractivity contribution in [2.24, 2.45) is 7.05 Å². The number of imidazole rings is 1. The zero-order valence-corrected chi connectivity index (χ0v) is 19.9. The molecule has 1 aliphatic heterocycles. The predicted octanol–water partition coefficient (Wildman–Crippen LogP) is 3.36. The van der Waals surface area contributed by atoms with Gasteiger partial charge in [0.1, 0.15) is 17.4 Å². The quantitative estimate of drug-likeness (QED) is 0.408. The van der Waals surface area contributed by atoms with E-state index in [4.69, 9.17) is 4.98 Å². The summed E-state index contributed by atoms with van der Waals surface area (Å²) in [6.07, 6.45) is 6.04. The van der Waals surface area contributed by atoms with E-state index in [1.54, 1.807) is 12.5 Å². The van der Waals surface area contributed by atoms with E-state index in [0.717, 1.165) is 60.4 Å². The van der Waals surface area contributed by atoms with Gasteiger partial charge in [0.05, 0.1) is 23.6 Å². The normalized spacial score (nSPS) is 14.1. The van der Waals surface area contributed by atoms with Crippen LogP contribution in [0.5, 0.6) is 0 Å². The van der Waals surface area contributed by atoms with E-state index in [2.05, 4.69) is 78.8 Å². The van der Waals surface area contributed by atoms with Gasteiger partial charge in [-0.15, -0.1) is 0 Å². The van der Waals surface area contributed by atoms with Crippen molar-refractivity contribution in [1.82, 2.24) is 34.8 Å². The molecule has 0 atom stereocenters. The summed E-state index contributed by atoms with van der Waals surface area (Å²) in [5.41, 5.74) is 8.32. The number of hydrogen-bond donors (Lipinski definition) is 2. The largest absolute Gasteiger partial charge is 0.338 e. The first-order valence-electron chi connectivity index (χ1n) is 11.8. The molecule has 6 rings (SSSR count). The van der Waals surface area contributed by atoms with Crippen LogP contribution in [0.25, 0.3) is 22.1 Å². The average molecular weight is 466 g/mol. The molecule has 9 nitrogen and oxygen atoms in total. The fraction of sp³-hybridized carbons (Fsp3) is 0.269. The Bertz CT molecular complexity index is 1520. The third-order valence-corrected chi connectivity index (χ3v) is 6.55. The van der Waals surface area contributed by atoms with Gasteiger partial charge in [-0.25, -0.2) is 24.9 Å². The van der Waals surface area contributed by atoms with Crippen LogP contribution in [-0.4, -0.2) is 55.7 Å². The first kappa shape index (κ1) is 21.4. The van der Waals surface area contributed by atoms with Crippen molar-refractivity contribution in [3.8, 4) is 0 Å². The molecule has 0 unspecified atom stereocenters. The maximum Gasteiger partial charge on any atom is 0.226 e. The molecule has 2 N–H and O–H groups in total. The number of rotatable bonds is 5. The van der Waals surface area contributed by atoms with Crippen molar-refractivity contribution in [2.75, 3.05) is 36.4 Å². The average Bonchev–Trinajstić information content (AvgIpc) is 3.26. The number of aromatic nitrogens is 6. The molecule has 1 fully saturated rings. The van der Waals surface area contributed by atoms with Crippen molar-refractivity contribution in [1.29, 1.82) is 0 Å². The molecule has 0 spiro atoms. The Morgan fingerprint density at radius 3 is 2.71 bits per heavy atom. The lowest BCUT2D eigenvalue weighted by Gasteiger charge is -2.27. The Morgan fingerprint density at radius 1 is 0.971 bits per heavy atom. The van der Waals surface area contributed by atoms with Crippen LogP contribution >= 0.6 is 0 Å². The number of nitrogens with one attached hydrogen (secondary N) is 2. The molecule has 5 aromatic rings. The Kier molecular flexibility index (Phi) is 5.46. The highest BCUT2D eigenvalue weighted by Gasteiger charge is 2.15. The van der Waals surface area contributed by atoms with E-state index in [9.17, 15) is 0 Å². The summed E-state index contributed by atoms with van der Waals surface area (Å²) in [7, 11) is 2.02. The molecule has 1 aliphatic rings. The van der Waals surface area contributed by atoms with Gasteiger partial charge in [-0.3, -0.25) is 0 Å². The highest BCUT2D eigenvalue weighted by molar-refractivity contribution is 5.87. The van der Waals surface area contributed by atoms with Gasteiger partial charge in [0.25, 0.3) is 0 Å². The number of piperazine rings is 1. The van der Waals surface area contributed by atoms with E-state index < -0.39 is 0 Å². The maximum atomic E-state index is 4.81. The summed E-state index contributed by atoms with van der Waals surface area (Å²) < 4.78 is 2.04. The Morgan fingerprint density at radius 2 is 1.86 bits per heavy atom. The van der Waals surface area contributed by atoms with Crippen molar-refractivity contribution >= 4 is 39.5 Å². The second kappa shape index (κ2) is 8.92. The summed E-state index contributed by atoms with van der Waals surface area (Å²) in [5.74, 6) is 1.40. The predicted molar refractivity (Wildman–Crippen MR) is 138 cm³/mol. The topological polar surface area (TPSA) is 96.7 Å². The molecule has 0 bridgehead atoms. The number of hydrogen-bond acceptors (Lipinski definition) is 8. The summed E-state index contributed by atoms with van der Waals surface area (Å²) in [6, 6.07) is 12.9. The van der Waals surface area contributed by atoms with Gasteiger partial charge in [-0.2, -0.15) is 0 Å². The third kappa shape index (κ3) is 4.26. The first-order chi connectivity index (χ1) is 17.1. The molecule has 1 saturated heterocycles. The van der Waals surface area contributed by atoms with E-state index in [0.29, 0.717) is 11.8 Å². The van der Waals surface area contributed by atoms with Crippen LogP contribution in [-0.2, 0) is 13.5 Å². The number of anilines is 3. The second-order valence-corrected chi connectivity index (χ2v) is 8.98. The Balaban J connectivity index is 1.25. The number of aryl methyl sites for hydroxylation is 2. The SMILES string of the molecule is Cc1cc(Nc2ncnc3cnc(N4CCNCC4)nc23)ccc1Cc1ccc2c(c1)ncn2C. The highest BCUT2D eigenvalue weighted by Crippen LogP contribution is 2.26. The van der Waals surface area contributed by atoms with E-state index >= 15 is 0 Å². The lowest BCUT2D eigenvalue weighted by atomic mass is 9.99. The van der Waals surface area contributed by atoms with E-state index in [1.165, 1.54) is 16.7 Å². The van der Waals surface area contributed by atoms with Crippen LogP contribution in [0.4, 0.5) is 17.5 Å². The summed E-state index contributed by atoms with van der Waals surface area (Å²) in [6.45, 7) is 5.77. The number of benzene rings is 2. The highest BCUT2D eigenvalue weighted by atomic mass is 15.3.